The second kappa shape index (κ2) is 8.06. The van der Waals surface area contributed by atoms with Crippen LogP contribution in [-0.2, 0) is 6.42 Å². The van der Waals surface area contributed by atoms with Gasteiger partial charge >= 0.3 is 0 Å². The Morgan fingerprint density at radius 1 is 1.12 bits per heavy atom. The molecule has 0 bridgehead atoms. The van der Waals surface area contributed by atoms with Gasteiger partial charge in [-0.1, -0.05) is 6.07 Å². The quantitative estimate of drug-likeness (QED) is 0.676. The van der Waals surface area contributed by atoms with E-state index >= 15 is 0 Å². The molecule has 0 saturated carbocycles. The minimum Gasteiger partial charge on any atom is -0.493 e. The van der Waals surface area contributed by atoms with Crippen molar-refractivity contribution in [3.63, 3.8) is 0 Å². The van der Waals surface area contributed by atoms with E-state index in [0.29, 0.717) is 30.3 Å². The number of nitrogens with zero attached hydrogens (tertiary/aromatic N) is 5. The molecule has 0 fully saturated rings. The molecule has 1 aromatic carbocycles. The van der Waals surface area contributed by atoms with Gasteiger partial charge in [0.05, 0.1) is 14.2 Å². The van der Waals surface area contributed by atoms with Crippen molar-refractivity contribution in [2.75, 3.05) is 20.8 Å². The highest BCUT2D eigenvalue weighted by molar-refractivity contribution is 5.92. The number of carbonyl (C=O) groups is 1. The number of hydrogen-bond donors (Lipinski definition) is 1. The summed E-state index contributed by atoms with van der Waals surface area (Å²) in [5, 5.41) is 14.7. The Labute approximate surface area is 150 Å². The molecule has 1 amide bonds. The summed E-state index contributed by atoms with van der Waals surface area (Å²) in [7, 11) is 3.18. The van der Waals surface area contributed by atoms with E-state index in [-0.39, 0.29) is 11.6 Å². The number of benzene rings is 1. The maximum Gasteiger partial charge on any atom is 0.271 e. The second-order valence-corrected chi connectivity index (χ2v) is 5.31. The summed E-state index contributed by atoms with van der Waals surface area (Å²) in [5.74, 6) is 1.53. The van der Waals surface area contributed by atoms with E-state index in [1.807, 2.05) is 18.2 Å². The molecule has 3 rings (SSSR count). The molecular formula is C17H18N6O3. The van der Waals surface area contributed by atoms with Crippen molar-refractivity contribution < 1.29 is 14.3 Å². The van der Waals surface area contributed by atoms with E-state index in [1.165, 1.54) is 17.3 Å². The largest absolute Gasteiger partial charge is 0.493 e. The van der Waals surface area contributed by atoms with Crippen LogP contribution < -0.4 is 14.8 Å². The SMILES string of the molecule is COc1ccc(CCNC(=O)c2ccc(-n3cncn3)nn2)cc1OC. The van der Waals surface area contributed by atoms with Gasteiger partial charge in [-0.15, -0.1) is 10.2 Å². The lowest BCUT2D eigenvalue weighted by Gasteiger charge is -2.10. The average molecular weight is 354 g/mol. The number of methoxy groups -OCH3 is 2. The molecule has 0 spiro atoms. The molecule has 134 valence electrons. The number of ether oxygens (including phenoxy) is 2. The van der Waals surface area contributed by atoms with Crippen LogP contribution in [0.2, 0.25) is 0 Å². The highest BCUT2D eigenvalue weighted by Crippen LogP contribution is 2.27. The monoisotopic (exact) mass is 354 g/mol. The van der Waals surface area contributed by atoms with E-state index in [0.717, 1.165) is 5.56 Å². The molecule has 0 aliphatic heterocycles. The van der Waals surface area contributed by atoms with E-state index in [2.05, 4.69) is 25.6 Å². The molecule has 0 atom stereocenters. The fourth-order valence-electron chi connectivity index (χ4n) is 2.34. The minimum atomic E-state index is -0.289. The van der Waals surface area contributed by atoms with Crippen LogP contribution in [-0.4, -0.2) is 51.6 Å². The van der Waals surface area contributed by atoms with Crippen LogP contribution in [0.5, 0.6) is 11.5 Å². The van der Waals surface area contributed by atoms with Crippen molar-refractivity contribution in [2.45, 2.75) is 6.42 Å². The Hall–Kier alpha value is -3.49. The summed E-state index contributed by atoms with van der Waals surface area (Å²) < 4.78 is 11.9. The number of carbonyl (C=O) groups excluding carboxylic acids is 1. The van der Waals surface area contributed by atoms with Gasteiger partial charge in [0.2, 0.25) is 0 Å². The van der Waals surface area contributed by atoms with Gasteiger partial charge in [-0.3, -0.25) is 4.79 Å². The Bertz CT molecular complexity index is 865. The third-order valence-electron chi connectivity index (χ3n) is 3.68. The van der Waals surface area contributed by atoms with Crippen LogP contribution >= 0.6 is 0 Å². The van der Waals surface area contributed by atoms with Crippen LogP contribution in [0, 0.1) is 0 Å². The Morgan fingerprint density at radius 2 is 1.96 bits per heavy atom. The molecule has 3 aromatic rings. The molecule has 1 N–H and O–H groups in total. The van der Waals surface area contributed by atoms with E-state index in [4.69, 9.17) is 9.47 Å². The molecule has 0 radical (unpaired) electrons. The zero-order valence-corrected chi connectivity index (χ0v) is 14.4. The van der Waals surface area contributed by atoms with Crippen molar-refractivity contribution in [1.82, 2.24) is 30.3 Å². The molecule has 0 saturated heterocycles. The summed E-state index contributed by atoms with van der Waals surface area (Å²) in [5.41, 5.74) is 1.26. The van der Waals surface area contributed by atoms with Crippen LogP contribution in [0.3, 0.4) is 0 Å². The van der Waals surface area contributed by atoms with Gasteiger partial charge in [0, 0.05) is 6.54 Å². The lowest BCUT2D eigenvalue weighted by atomic mass is 10.1. The summed E-state index contributed by atoms with van der Waals surface area (Å²) in [6.45, 7) is 0.459. The normalized spacial score (nSPS) is 10.4. The van der Waals surface area contributed by atoms with E-state index < -0.39 is 0 Å². The first kappa shape index (κ1) is 17.3. The van der Waals surface area contributed by atoms with Crippen molar-refractivity contribution in [2.24, 2.45) is 0 Å². The van der Waals surface area contributed by atoms with Gasteiger partial charge in [0.25, 0.3) is 5.91 Å². The first-order valence-corrected chi connectivity index (χ1v) is 7.89. The number of aromatic nitrogens is 5. The summed E-state index contributed by atoms with van der Waals surface area (Å²) in [6, 6.07) is 8.91. The lowest BCUT2D eigenvalue weighted by molar-refractivity contribution is 0.0948. The zero-order valence-electron chi connectivity index (χ0n) is 14.4. The fourth-order valence-corrected chi connectivity index (χ4v) is 2.34. The first-order valence-electron chi connectivity index (χ1n) is 7.89. The van der Waals surface area contributed by atoms with E-state index in [9.17, 15) is 4.79 Å². The highest BCUT2D eigenvalue weighted by Gasteiger charge is 2.09. The van der Waals surface area contributed by atoms with Crippen molar-refractivity contribution in [3.05, 3.63) is 54.2 Å². The fraction of sp³-hybridized carbons (Fsp3) is 0.235. The standard InChI is InChI=1S/C17H18N6O3/c1-25-14-5-3-12(9-15(14)26-2)7-8-19-17(24)13-4-6-16(22-21-13)23-11-18-10-20-23/h3-6,9-11H,7-8H2,1-2H3,(H,19,24). The number of nitrogens with one attached hydrogen (secondary N) is 1. The molecular weight excluding hydrogens is 336 g/mol. The smallest absolute Gasteiger partial charge is 0.271 e. The topological polar surface area (TPSA) is 104 Å². The van der Waals surface area contributed by atoms with Crippen molar-refractivity contribution in [3.8, 4) is 17.3 Å². The van der Waals surface area contributed by atoms with Gasteiger partial charge in [0.15, 0.2) is 23.0 Å². The Balaban J connectivity index is 1.56. The number of rotatable bonds is 7. The predicted molar refractivity (Wildman–Crippen MR) is 92.5 cm³/mol. The maximum absolute atomic E-state index is 12.2. The summed E-state index contributed by atoms with van der Waals surface area (Å²) in [6.07, 6.45) is 3.56. The summed E-state index contributed by atoms with van der Waals surface area (Å²) in [4.78, 5) is 16.0. The van der Waals surface area contributed by atoms with Gasteiger partial charge < -0.3 is 14.8 Å². The molecule has 0 aliphatic carbocycles. The summed E-state index contributed by atoms with van der Waals surface area (Å²) >= 11 is 0. The third-order valence-corrected chi connectivity index (χ3v) is 3.68. The van der Waals surface area contributed by atoms with Gasteiger partial charge in [0.1, 0.15) is 12.7 Å². The third kappa shape index (κ3) is 3.94. The Kier molecular flexibility index (Phi) is 5.37. The number of hydrogen-bond acceptors (Lipinski definition) is 7. The molecule has 9 heteroatoms. The second-order valence-electron chi connectivity index (χ2n) is 5.31. The van der Waals surface area contributed by atoms with Crippen LogP contribution in [0.15, 0.2) is 43.0 Å². The lowest BCUT2D eigenvalue weighted by Crippen LogP contribution is -2.27. The van der Waals surface area contributed by atoms with Crippen LogP contribution in [0.4, 0.5) is 0 Å². The van der Waals surface area contributed by atoms with Crippen LogP contribution in [0.25, 0.3) is 5.82 Å². The van der Waals surface area contributed by atoms with Gasteiger partial charge in [-0.05, 0) is 36.2 Å². The van der Waals surface area contributed by atoms with E-state index in [1.54, 1.807) is 26.4 Å². The van der Waals surface area contributed by atoms with Crippen LogP contribution in [0.1, 0.15) is 16.1 Å². The molecule has 2 heterocycles. The molecule has 2 aromatic heterocycles. The Morgan fingerprint density at radius 3 is 2.62 bits per heavy atom. The first-order chi connectivity index (χ1) is 12.7. The maximum atomic E-state index is 12.2. The molecule has 0 unspecified atom stereocenters. The average Bonchev–Trinajstić information content (AvgIpc) is 3.22. The molecule has 26 heavy (non-hydrogen) atoms. The van der Waals surface area contributed by atoms with Crippen molar-refractivity contribution in [1.29, 1.82) is 0 Å². The van der Waals surface area contributed by atoms with Gasteiger partial charge in [-0.2, -0.15) is 5.10 Å². The zero-order chi connectivity index (χ0) is 18.4. The highest BCUT2D eigenvalue weighted by atomic mass is 16.5. The van der Waals surface area contributed by atoms with Gasteiger partial charge in [-0.25, -0.2) is 9.67 Å². The molecule has 0 aliphatic rings. The number of amides is 1. The minimum absolute atomic E-state index is 0.237. The predicted octanol–water partition coefficient (Wildman–Crippen LogP) is 1.05. The van der Waals surface area contributed by atoms with Crippen molar-refractivity contribution >= 4 is 5.91 Å². The molecule has 9 nitrogen and oxygen atoms in total.